The van der Waals surface area contributed by atoms with E-state index in [4.69, 9.17) is 4.11 Å². The van der Waals surface area contributed by atoms with E-state index in [1.54, 1.807) is 6.07 Å². The standard InChI is InChI=1S/C24H27N5O2/c1-4-17-12-21-22(28-23(17)30)11-16(13-26-21)14-29-9-7-18(8-10-29)19-5-6-20(24(31)25-3)27-15(19)2/h5-7,11-13H,4,8-10,14H2,1-3H3,(H,25,31)(H,28,30)/i3D3. The molecule has 1 aliphatic rings. The van der Waals surface area contributed by atoms with E-state index in [9.17, 15) is 9.59 Å². The van der Waals surface area contributed by atoms with E-state index in [1.807, 2.05) is 43.6 Å². The van der Waals surface area contributed by atoms with Crippen molar-refractivity contribution in [2.45, 2.75) is 33.2 Å². The first-order chi connectivity index (χ1) is 16.1. The van der Waals surface area contributed by atoms with Crippen molar-refractivity contribution in [2.75, 3.05) is 20.1 Å². The number of hydrogen-bond acceptors (Lipinski definition) is 5. The highest BCUT2D eigenvalue weighted by Crippen LogP contribution is 2.25. The van der Waals surface area contributed by atoms with Gasteiger partial charge in [-0.25, -0.2) is 4.98 Å². The molecule has 0 aliphatic carbocycles. The average Bonchev–Trinajstić information content (AvgIpc) is 2.78. The minimum atomic E-state index is -2.55. The summed E-state index contributed by atoms with van der Waals surface area (Å²) < 4.78 is 21.5. The third-order valence-electron chi connectivity index (χ3n) is 5.68. The molecule has 2 N–H and O–H groups in total. The molecule has 0 bridgehead atoms. The van der Waals surface area contributed by atoms with Gasteiger partial charge in [0.2, 0.25) is 0 Å². The molecular formula is C24H27N5O2. The summed E-state index contributed by atoms with van der Waals surface area (Å²) >= 11 is 0. The zero-order chi connectivity index (χ0) is 24.5. The van der Waals surface area contributed by atoms with Gasteiger partial charge in [0.15, 0.2) is 0 Å². The van der Waals surface area contributed by atoms with Crippen LogP contribution < -0.4 is 10.9 Å². The Hall–Kier alpha value is -3.32. The number of aromatic nitrogens is 3. The lowest BCUT2D eigenvalue weighted by Crippen LogP contribution is -2.28. The highest BCUT2D eigenvalue weighted by molar-refractivity contribution is 5.92. The van der Waals surface area contributed by atoms with E-state index in [0.29, 0.717) is 12.1 Å². The van der Waals surface area contributed by atoms with Gasteiger partial charge >= 0.3 is 0 Å². The molecule has 0 spiro atoms. The van der Waals surface area contributed by atoms with E-state index in [0.717, 1.165) is 59.4 Å². The van der Waals surface area contributed by atoms with E-state index in [1.165, 1.54) is 0 Å². The maximum Gasteiger partial charge on any atom is 0.269 e. The smallest absolute Gasteiger partial charge is 0.269 e. The third-order valence-corrected chi connectivity index (χ3v) is 5.68. The van der Waals surface area contributed by atoms with E-state index >= 15 is 0 Å². The van der Waals surface area contributed by atoms with Crippen LogP contribution in [0, 0.1) is 6.92 Å². The van der Waals surface area contributed by atoms with Crippen molar-refractivity contribution in [2.24, 2.45) is 0 Å². The minimum absolute atomic E-state index is 0.0645. The fraction of sp³-hybridized carbons (Fsp3) is 0.333. The van der Waals surface area contributed by atoms with Gasteiger partial charge < -0.3 is 10.3 Å². The quantitative estimate of drug-likeness (QED) is 0.662. The Kier molecular flexibility index (Phi) is 4.94. The molecule has 160 valence electrons. The molecule has 0 unspecified atom stereocenters. The Morgan fingerprint density at radius 1 is 1.35 bits per heavy atom. The monoisotopic (exact) mass is 420 g/mol. The number of fused-ring (bicyclic) bond motifs is 1. The lowest BCUT2D eigenvalue weighted by Gasteiger charge is -2.27. The van der Waals surface area contributed by atoms with Crippen LogP contribution in [0.25, 0.3) is 16.6 Å². The number of aryl methyl sites for hydroxylation is 2. The summed E-state index contributed by atoms with van der Waals surface area (Å²) in [4.78, 5) is 38.3. The van der Waals surface area contributed by atoms with Crippen LogP contribution in [0.5, 0.6) is 0 Å². The number of aromatic amines is 1. The number of nitrogens with zero attached hydrogens (tertiary/aromatic N) is 3. The molecule has 0 radical (unpaired) electrons. The highest BCUT2D eigenvalue weighted by atomic mass is 16.1. The average molecular weight is 421 g/mol. The fourth-order valence-corrected chi connectivity index (χ4v) is 3.96. The molecule has 3 aromatic heterocycles. The summed E-state index contributed by atoms with van der Waals surface area (Å²) in [6, 6.07) is 7.22. The first-order valence-electron chi connectivity index (χ1n) is 11.9. The zero-order valence-corrected chi connectivity index (χ0v) is 17.7. The number of H-pyrrole nitrogens is 1. The van der Waals surface area contributed by atoms with Gasteiger partial charge in [-0.3, -0.25) is 19.5 Å². The first kappa shape index (κ1) is 17.4. The molecule has 3 aromatic rings. The van der Waals surface area contributed by atoms with E-state index < -0.39 is 12.9 Å². The van der Waals surface area contributed by atoms with Crippen molar-refractivity contribution < 1.29 is 8.91 Å². The van der Waals surface area contributed by atoms with Gasteiger partial charge in [0.05, 0.1) is 11.0 Å². The Bertz CT molecular complexity index is 1330. The van der Waals surface area contributed by atoms with Crippen molar-refractivity contribution >= 4 is 22.5 Å². The second-order valence-corrected chi connectivity index (χ2v) is 7.75. The SMILES string of the molecule is [2H]C([2H])([2H])NC(=O)c1ccc(C2=CCN(Cc3cnc4cc(CC)c(=O)[nH]c4c3)CC2)c(C)n1. The normalized spacial score (nSPS) is 16.3. The summed E-state index contributed by atoms with van der Waals surface area (Å²) in [7, 11) is 0. The Morgan fingerprint density at radius 3 is 2.94 bits per heavy atom. The van der Waals surface area contributed by atoms with E-state index in [-0.39, 0.29) is 11.3 Å². The molecule has 0 saturated carbocycles. The van der Waals surface area contributed by atoms with Gasteiger partial charge in [-0.15, -0.1) is 0 Å². The van der Waals surface area contributed by atoms with Crippen molar-refractivity contribution in [1.29, 1.82) is 0 Å². The summed E-state index contributed by atoms with van der Waals surface area (Å²) in [6.07, 6.45) is 5.50. The lowest BCUT2D eigenvalue weighted by atomic mass is 9.97. The summed E-state index contributed by atoms with van der Waals surface area (Å²) in [5, 5.41) is 1.96. The molecule has 1 amide bonds. The van der Waals surface area contributed by atoms with Gasteiger partial charge in [0, 0.05) is 48.2 Å². The number of hydrogen-bond donors (Lipinski definition) is 2. The van der Waals surface area contributed by atoms with Crippen molar-refractivity contribution in [3.8, 4) is 0 Å². The fourth-order valence-electron chi connectivity index (χ4n) is 3.96. The Labute approximate surface area is 185 Å². The number of carbonyl (C=O) groups is 1. The molecule has 7 nitrogen and oxygen atoms in total. The van der Waals surface area contributed by atoms with Gasteiger partial charge in [-0.1, -0.05) is 19.1 Å². The van der Waals surface area contributed by atoms with Crippen molar-refractivity contribution in [1.82, 2.24) is 25.2 Å². The second-order valence-electron chi connectivity index (χ2n) is 7.75. The number of rotatable bonds is 5. The predicted molar refractivity (Wildman–Crippen MR) is 122 cm³/mol. The largest absolute Gasteiger partial charge is 0.354 e. The number of amides is 1. The number of carbonyl (C=O) groups excluding carboxylic acids is 1. The van der Waals surface area contributed by atoms with Gasteiger partial charge in [0.1, 0.15) is 5.69 Å². The third kappa shape index (κ3) is 4.41. The van der Waals surface area contributed by atoms with Gasteiger partial charge in [-0.05, 0) is 54.7 Å². The molecule has 31 heavy (non-hydrogen) atoms. The maximum absolute atomic E-state index is 12.1. The molecule has 1 aliphatic heterocycles. The molecular weight excluding hydrogens is 390 g/mol. The Morgan fingerprint density at radius 2 is 2.23 bits per heavy atom. The van der Waals surface area contributed by atoms with Crippen molar-refractivity contribution in [3.63, 3.8) is 0 Å². The van der Waals surface area contributed by atoms with E-state index in [2.05, 4.69) is 25.9 Å². The maximum atomic E-state index is 12.1. The number of pyridine rings is 3. The molecule has 0 saturated heterocycles. The molecule has 0 atom stereocenters. The molecule has 4 heterocycles. The second kappa shape index (κ2) is 8.81. The van der Waals surface area contributed by atoms with Crippen LogP contribution in [0.3, 0.4) is 0 Å². The summed E-state index contributed by atoms with van der Waals surface area (Å²) in [5.41, 5.74) is 6.13. The van der Waals surface area contributed by atoms with Crippen LogP contribution in [0.1, 0.15) is 50.3 Å². The topological polar surface area (TPSA) is 91.0 Å². The number of nitrogens with one attached hydrogen (secondary N) is 2. The lowest BCUT2D eigenvalue weighted by molar-refractivity contribution is 0.0958. The van der Waals surface area contributed by atoms with Gasteiger partial charge in [0.25, 0.3) is 11.5 Å². The van der Waals surface area contributed by atoms with Crippen LogP contribution in [0.2, 0.25) is 0 Å². The van der Waals surface area contributed by atoms with Crippen LogP contribution >= 0.6 is 0 Å². The molecule has 0 fully saturated rings. The zero-order valence-electron chi connectivity index (χ0n) is 20.7. The van der Waals surface area contributed by atoms with Crippen LogP contribution in [0.15, 0.2) is 41.3 Å². The van der Waals surface area contributed by atoms with Crippen LogP contribution in [-0.2, 0) is 13.0 Å². The first-order valence-corrected chi connectivity index (χ1v) is 10.4. The van der Waals surface area contributed by atoms with Crippen LogP contribution in [-0.4, -0.2) is 45.8 Å². The summed E-state index contributed by atoms with van der Waals surface area (Å²) in [5.74, 6) is -0.713. The van der Waals surface area contributed by atoms with Crippen LogP contribution in [0.4, 0.5) is 0 Å². The molecule has 0 aromatic carbocycles. The van der Waals surface area contributed by atoms with Gasteiger partial charge in [-0.2, -0.15) is 0 Å². The molecule has 7 heteroatoms. The Balaban J connectivity index is 1.44. The highest BCUT2D eigenvalue weighted by Gasteiger charge is 2.17. The van der Waals surface area contributed by atoms with Crippen molar-refractivity contribution in [3.05, 3.63) is 75.0 Å². The summed E-state index contributed by atoms with van der Waals surface area (Å²) in [6.45, 7) is 3.53. The predicted octanol–water partition coefficient (Wildman–Crippen LogP) is 2.84. The molecule has 4 rings (SSSR count). The minimum Gasteiger partial charge on any atom is -0.354 e.